The van der Waals surface area contributed by atoms with Crippen molar-refractivity contribution in [1.29, 1.82) is 0 Å². The van der Waals surface area contributed by atoms with Gasteiger partial charge in [-0.3, -0.25) is 14.5 Å². The molecule has 8 heteroatoms. The molecule has 0 aliphatic carbocycles. The van der Waals surface area contributed by atoms with Gasteiger partial charge in [0.25, 0.3) is 11.8 Å². The van der Waals surface area contributed by atoms with Gasteiger partial charge in [0.1, 0.15) is 10.1 Å². The average molecular weight is 319 g/mol. The zero-order valence-electron chi connectivity index (χ0n) is 11.5. The van der Waals surface area contributed by atoms with E-state index in [0.29, 0.717) is 0 Å². The Bertz CT molecular complexity index is 949. The minimum absolute atomic E-state index is 0.00400. The predicted octanol–water partition coefficient (Wildman–Crippen LogP) is 0.942. The summed E-state index contributed by atoms with van der Waals surface area (Å²) in [5, 5.41) is 0.494. The quantitative estimate of drug-likeness (QED) is 0.499. The van der Waals surface area contributed by atoms with Crippen LogP contribution in [0.3, 0.4) is 0 Å². The number of nitrogens with zero attached hydrogens (tertiary/aromatic N) is 1. The molecule has 0 radical (unpaired) electrons. The molecule has 2 amide bonds. The zero-order chi connectivity index (χ0) is 16.2. The van der Waals surface area contributed by atoms with Gasteiger partial charge in [-0.15, -0.1) is 0 Å². The molecule has 0 unspecified atom stereocenters. The van der Waals surface area contributed by atoms with Crippen molar-refractivity contribution >= 4 is 38.4 Å². The van der Waals surface area contributed by atoms with Crippen LogP contribution in [0.2, 0.25) is 0 Å². The number of amides is 2. The second-order valence-corrected chi connectivity index (χ2v) is 6.22. The molecule has 2 aromatic rings. The fourth-order valence-corrected chi connectivity index (χ4v) is 3.35. The van der Waals surface area contributed by atoms with Gasteiger partial charge in [-0.1, -0.05) is 12.1 Å². The van der Waals surface area contributed by atoms with Crippen LogP contribution in [0.4, 0.5) is 5.69 Å². The topological polar surface area (TPSA) is 121 Å². The molecule has 0 atom stereocenters. The van der Waals surface area contributed by atoms with E-state index in [-0.39, 0.29) is 34.1 Å². The Labute approximate surface area is 126 Å². The van der Waals surface area contributed by atoms with E-state index in [1.807, 2.05) is 0 Å². The molecular formula is C14H11N2O5S-. The van der Waals surface area contributed by atoms with Crippen molar-refractivity contribution in [2.24, 2.45) is 0 Å². The monoisotopic (exact) mass is 319 g/mol. The molecule has 2 aromatic carbocycles. The molecule has 1 aliphatic heterocycles. The minimum Gasteiger partial charge on any atom is -0.744 e. The van der Waals surface area contributed by atoms with Crippen molar-refractivity contribution in [3.8, 4) is 0 Å². The van der Waals surface area contributed by atoms with Gasteiger partial charge in [0, 0.05) is 22.9 Å². The average Bonchev–Trinajstić information content (AvgIpc) is 2.45. The van der Waals surface area contributed by atoms with E-state index in [1.54, 1.807) is 6.92 Å². The predicted molar refractivity (Wildman–Crippen MR) is 77.4 cm³/mol. The van der Waals surface area contributed by atoms with E-state index in [4.69, 9.17) is 5.73 Å². The molecule has 2 N–H and O–H groups in total. The summed E-state index contributed by atoms with van der Waals surface area (Å²) < 4.78 is 34.1. The molecule has 0 fully saturated rings. The van der Waals surface area contributed by atoms with Crippen LogP contribution >= 0.6 is 0 Å². The standard InChI is InChI=1S/C14H12N2O5S/c1-2-16-13(17)8-5-3-4-7-11(8)9(14(16)18)6-10(12(7)15)22(19,20)21/h3-6H,2,15H2,1H3,(H,19,20,21)/p-1. The lowest BCUT2D eigenvalue weighted by molar-refractivity contribution is 0.0619. The first-order valence-corrected chi connectivity index (χ1v) is 7.85. The van der Waals surface area contributed by atoms with Gasteiger partial charge in [0.05, 0.1) is 16.1 Å². The van der Waals surface area contributed by atoms with Crippen molar-refractivity contribution < 1.29 is 22.6 Å². The van der Waals surface area contributed by atoms with E-state index < -0.39 is 26.8 Å². The molecular weight excluding hydrogens is 308 g/mol. The van der Waals surface area contributed by atoms with E-state index >= 15 is 0 Å². The maximum atomic E-state index is 12.4. The van der Waals surface area contributed by atoms with Gasteiger partial charge in [0.15, 0.2) is 0 Å². The molecule has 1 aliphatic rings. The SMILES string of the molecule is CCN1C(=O)c2cccc3c(N)c(S(=O)(=O)[O-])cc(c23)C1=O. The summed E-state index contributed by atoms with van der Waals surface area (Å²) in [5.41, 5.74) is 5.77. The molecule has 0 saturated carbocycles. The molecule has 0 aromatic heterocycles. The lowest BCUT2D eigenvalue weighted by atomic mass is 9.93. The summed E-state index contributed by atoms with van der Waals surface area (Å²) in [6, 6.07) is 5.50. The van der Waals surface area contributed by atoms with E-state index in [0.717, 1.165) is 11.0 Å². The summed E-state index contributed by atoms with van der Waals surface area (Å²) in [5.74, 6) is -1.11. The summed E-state index contributed by atoms with van der Waals surface area (Å²) in [7, 11) is -4.84. The van der Waals surface area contributed by atoms with Crippen LogP contribution in [-0.2, 0) is 10.1 Å². The highest BCUT2D eigenvalue weighted by atomic mass is 32.2. The molecule has 0 bridgehead atoms. The Hall–Kier alpha value is -2.45. The molecule has 22 heavy (non-hydrogen) atoms. The van der Waals surface area contributed by atoms with Crippen molar-refractivity contribution in [1.82, 2.24) is 4.90 Å². The van der Waals surface area contributed by atoms with Gasteiger partial charge in [0.2, 0.25) is 0 Å². The normalized spacial score (nSPS) is 14.7. The Balaban J connectivity index is 2.53. The third-order valence-corrected chi connectivity index (χ3v) is 4.58. The Morgan fingerprint density at radius 1 is 1.18 bits per heavy atom. The van der Waals surface area contributed by atoms with Crippen LogP contribution in [0, 0.1) is 0 Å². The molecule has 3 rings (SSSR count). The Kier molecular flexibility index (Phi) is 2.98. The van der Waals surface area contributed by atoms with Crippen molar-refractivity contribution in [2.45, 2.75) is 11.8 Å². The first-order valence-electron chi connectivity index (χ1n) is 6.44. The van der Waals surface area contributed by atoms with Crippen LogP contribution < -0.4 is 5.73 Å². The number of nitrogens with two attached hydrogens (primary N) is 1. The van der Waals surface area contributed by atoms with Gasteiger partial charge < -0.3 is 10.3 Å². The number of carbonyl (C=O) groups is 2. The highest BCUT2D eigenvalue weighted by molar-refractivity contribution is 7.86. The maximum Gasteiger partial charge on any atom is 0.261 e. The Morgan fingerprint density at radius 2 is 1.82 bits per heavy atom. The van der Waals surface area contributed by atoms with Crippen LogP contribution in [-0.4, -0.2) is 36.2 Å². The van der Waals surface area contributed by atoms with Crippen LogP contribution in [0.1, 0.15) is 27.6 Å². The molecule has 7 nitrogen and oxygen atoms in total. The molecule has 1 heterocycles. The number of hydrogen-bond acceptors (Lipinski definition) is 6. The highest BCUT2D eigenvalue weighted by Gasteiger charge is 2.33. The Morgan fingerprint density at radius 3 is 2.41 bits per heavy atom. The molecule has 114 valence electrons. The molecule has 0 saturated heterocycles. The summed E-state index contributed by atoms with van der Waals surface area (Å²) in [4.78, 5) is 25.1. The van der Waals surface area contributed by atoms with E-state index in [2.05, 4.69) is 0 Å². The summed E-state index contributed by atoms with van der Waals surface area (Å²) in [6.07, 6.45) is 0. The number of benzene rings is 2. The second-order valence-electron chi connectivity index (χ2n) is 4.87. The minimum atomic E-state index is -4.84. The number of imide groups is 1. The van der Waals surface area contributed by atoms with Crippen LogP contribution in [0.5, 0.6) is 0 Å². The lowest BCUT2D eigenvalue weighted by Crippen LogP contribution is -2.40. The van der Waals surface area contributed by atoms with Gasteiger partial charge in [-0.05, 0) is 19.1 Å². The van der Waals surface area contributed by atoms with Gasteiger partial charge >= 0.3 is 0 Å². The third-order valence-electron chi connectivity index (χ3n) is 3.70. The summed E-state index contributed by atoms with van der Waals surface area (Å²) >= 11 is 0. The van der Waals surface area contributed by atoms with Gasteiger partial charge in [-0.25, -0.2) is 8.42 Å². The molecule has 0 spiro atoms. The van der Waals surface area contributed by atoms with E-state index in [9.17, 15) is 22.6 Å². The first kappa shape index (κ1) is 14.5. The number of anilines is 1. The smallest absolute Gasteiger partial charge is 0.261 e. The lowest BCUT2D eigenvalue weighted by Gasteiger charge is -2.27. The van der Waals surface area contributed by atoms with Crippen molar-refractivity contribution in [3.05, 3.63) is 35.4 Å². The van der Waals surface area contributed by atoms with Gasteiger partial charge in [-0.2, -0.15) is 0 Å². The maximum absolute atomic E-state index is 12.4. The fourth-order valence-electron chi connectivity index (χ4n) is 2.70. The zero-order valence-corrected chi connectivity index (χ0v) is 12.3. The highest BCUT2D eigenvalue weighted by Crippen LogP contribution is 2.36. The fraction of sp³-hybridized carbons (Fsp3) is 0.143. The van der Waals surface area contributed by atoms with Crippen LogP contribution in [0.25, 0.3) is 10.8 Å². The number of hydrogen-bond donors (Lipinski definition) is 1. The van der Waals surface area contributed by atoms with E-state index in [1.165, 1.54) is 18.2 Å². The second kappa shape index (κ2) is 4.52. The third kappa shape index (κ3) is 1.81. The summed E-state index contributed by atoms with van der Waals surface area (Å²) in [6.45, 7) is 1.76. The van der Waals surface area contributed by atoms with Crippen LogP contribution in [0.15, 0.2) is 29.2 Å². The number of carbonyl (C=O) groups excluding carboxylic acids is 2. The number of nitrogen functional groups attached to an aromatic ring is 1. The van der Waals surface area contributed by atoms with Crippen molar-refractivity contribution in [2.75, 3.05) is 12.3 Å². The first-order chi connectivity index (χ1) is 10.3. The van der Waals surface area contributed by atoms with Crippen molar-refractivity contribution in [3.63, 3.8) is 0 Å². The largest absolute Gasteiger partial charge is 0.744 e. The number of rotatable bonds is 2.